The number of benzene rings is 1. The Bertz CT molecular complexity index is 244. The van der Waals surface area contributed by atoms with Crippen molar-refractivity contribution in [2.24, 2.45) is 5.14 Å². The van der Waals surface area contributed by atoms with Gasteiger partial charge in [0.1, 0.15) is 0 Å². The van der Waals surface area contributed by atoms with Gasteiger partial charge in [0, 0.05) is 11.8 Å². The normalized spacial score (nSPS) is 12.6. The number of anilines is 1. The summed E-state index contributed by atoms with van der Waals surface area (Å²) < 4.78 is 13.7. The first kappa shape index (κ1) is 9.11. The summed E-state index contributed by atoms with van der Waals surface area (Å²) in [4.78, 5) is 0.631. The Morgan fingerprint density at radius 3 is 2.82 bits per heavy atom. The van der Waals surface area contributed by atoms with Crippen LogP contribution in [0, 0.1) is 0 Å². The highest BCUT2D eigenvalue weighted by molar-refractivity contribution is 14.1. The van der Waals surface area contributed by atoms with Crippen LogP contribution in [0.3, 0.4) is 0 Å². The maximum atomic E-state index is 10.8. The lowest BCUT2D eigenvalue weighted by Crippen LogP contribution is -2.11. The minimum atomic E-state index is -1.38. The van der Waals surface area contributed by atoms with E-state index in [1.165, 1.54) is 0 Å². The monoisotopic (exact) mass is 282 g/mol. The molecule has 1 atom stereocenters. The minimum Gasteiger partial charge on any atom is -0.593 e. The third kappa shape index (κ3) is 2.51. The van der Waals surface area contributed by atoms with E-state index in [0.29, 0.717) is 4.90 Å². The summed E-state index contributed by atoms with van der Waals surface area (Å²) in [7, 11) is 0. The quantitative estimate of drug-likeness (QED) is 0.490. The highest BCUT2D eigenvalue weighted by Crippen LogP contribution is 2.14. The summed E-state index contributed by atoms with van der Waals surface area (Å²) in [6.07, 6.45) is 0. The fourth-order valence-electron chi connectivity index (χ4n) is 0.680. The van der Waals surface area contributed by atoms with Gasteiger partial charge in [-0.2, -0.15) is 0 Å². The Labute approximate surface area is 82.2 Å². The van der Waals surface area contributed by atoms with Gasteiger partial charge in [-0.25, -0.2) is 0 Å². The molecule has 3 N–H and O–H groups in total. The Morgan fingerprint density at radius 1 is 1.55 bits per heavy atom. The van der Waals surface area contributed by atoms with E-state index in [1.807, 2.05) is 28.9 Å². The van der Waals surface area contributed by atoms with Gasteiger partial charge in [-0.3, -0.25) is 0 Å². The van der Waals surface area contributed by atoms with E-state index in [0.717, 1.165) is 5.69 Å². The van der Waals surface area contributed by atoms with Crippen molar-refractivity contribution in [2.45, 2.75) is 4.90 Å². The first-order valence-electron chi connectivity index (χ1n) is 2.87. The van der Waals surface area contributed by atoms with E-state index in [2.05, 4.69) is 3.53 Å². The zero-order chi connectivity index (χ0) is 8.27. The van der Waals surface area contributed by atoms with Crippen molar-refractivity contribution in [3.63, 3.8) is 0 Å². The van der Waals surface area contributed by atoms with Crippen LogP contribution in [-0.4, -0.2) is 4.55 Å². The molecule has 0 aromatic heterocycles. The number of halogens is 1. The lowest BCUT2D eigenvalue weighted by molar-refractivity contribution is 0.597. The smallest absolute Gasteiger partial charge is 0.175 e. The van der Waals surface area contributed by atoms with Crippen LogP contribution in [0.4, 0.5) is 5.69 Å². The summed E-state index contributed by atoms with van der Waals surface area (Å²) in [5.74, 6) is 0. The third-order valence-electron chi connectivity index (χ3n) is 1.18. The topological polar surface area (TPSA) is 61.1 Å². The molecule has 5 heteroatoms. The fraction of sp³-hybridized carbons (Fsp3) is 0. The average molecular weight is 282 g/mol. The Hall–Kier alpha value is 0.0200. The number of nitrogens with one attached hydrogen (secondary N) is 1. The maximum absolute atomic E-state index is 10.8. The molecule has 1 aromatic rings. The van der Waals surface area contributed by atoms with Gasteiger partial charge in [-0.1, -0.05) is 6.07 Å². The van der Waals surface area contributed by atoms with E-state index >= 15 is 0 Å². The molecule has 11 heavy (non-hydrogen) atoms. The number of nitrogens with two attached hydrogens (primary N) is 1. The Morgan fingerprint density at radius 2 is 2.27 bits per heavy atom. The van der Waals surface area contributed by atoms with Crippen molar-refractivity contribution >= 4 is 39.9 Å². The molecule has 0 spiro atoms. The standard InChI is InChI=1S/C6H7IN2OS/c7-9-5-2-1-3-6(4-5)11(8)10/h1-4,9H,8H2. The van der Waals surface area contributed by atoms with Gasteiger partial charge < -0.3 is 8.08 Å². The zero-order valence-corrected chi connectivity index (χ0v) is 8.56. The van der Waals surface area contributed by atoms with E-state index in [1.54, 1.807) is 18.2 Å². The second kappa shape index (κ2) is 4.15. The largest absolute Gasteiger partial charge is 0.593 e. The molecule has 3 nitrogen and oxygen atoms in total. The third-order valence-corrected chi connectivity index (χ3v) is 2.52. The predicted octanol–water partition coefficient (Wildman–Crippen LogP) is 1.43. The first-order chi connectivity index (χ1) is 5.24. The molecule has 0 saturated heterocycles. The van der Waals surface area contributed by atoms with Gasteiger partial charge >= 0.3 is 0 Å². The molecule has 1 aromatic carbocycles. The SMILES string of the molecule is N[S+]([O-])c1cccc(NI)c1. The van der Waals surface area contributed by atoms with Gasteiger partial charge in [0.2, 0.25) is 0 Å². The average Bonchev–Trinajstić information content (AvgIpc) is 2.05. The number of hydrogen-bond donors (Lipinski definition) is 2. The summed E-state index contributed by atoms with van der Waals surface area (Å²) in [6, 6.07) is 7.17. The molecule has 1 unspecified atom stereocenters. The van der Waals surface area contributed by atoms with Crippen LogP contribution in [0.2, 0.25) is 0 Å². The molecule has 0 radical (unpaired) electrons. The van der Waals surface area contributed by atoms with Gasteiger partial charge in [-0.15, -0.1) is 5.14 Å². The molecular formula is C6H7IN2OS. The second-order valence-corrected chi connectivity index (χ2v) is 3.53. The maximum Gasteiger partial charge on any atom is 0.175 e. The molecule has 0 heterocycles. The summed E-state index contributed by atoms with van der Waals surface area (Å²) in [5.41, 5.74) is 0.905. The molecule has 1 rings (SSSR count). The Balaban J connectivity index is 2.91. The van der Waals surface area contributed by atoms with E-state index in [4.69, 9.17) is 5.14 Å². The molecule has 0 aliphatic heterocycles. The van der Waals surface area contributed by atoms with Crippen LogP contribution in [0.25, 0.3) is 0 Å². The first-order valence-corrected chi connectivity index (χ1v) is 5.16. The van der Waals surface area contributed by atoms with Crippen LogP contribution < -0.4 is 8.67 Å². The molecule has 0 aliphatic rings. The zero-order valence-electron chi connectivity index (χ0n) is 5.58. The lowest BCUT2D eigenvalue weighted by Gasteiger charge is -2.03. The highest BCUT2D eigenvalue weighted by Gasteiger charge is 2.04. The summed E-state index contributed by atoms with van der Waals surface area (Å²) in [5, 5.41) is 5.18. The minimum absolute atomic E-state index is 0.631. The predicted molar refractivity (Wildman–Crippen MR) is 54.7 cm³/mol. The van der Waals surface area contributed by atoms with E-state index in [-0.39, 0.29) is 0 Å². The molecule has 0 bridgehead atoms. The van der Waals surface area contributed by atoms with Crippen molar-refractivity contribution in [3.05, 3.63) is 24.3 Å². The highest BCUT2D eigenvalue weighted by atomic mass is 127. The van der Waals surface area contributed by atoms with Crippen LogP contribution in [0.5, 0.6) is 0 Å². The van der Waals surface area contributed by atoms with Crippen molar-refractivity contribution in [3.8, 4) is 0 Å². The van der Waals surface area contributed by atoms with Crippen molar-refractivity contribution in [1.29, 1.82) is 0 Å². The molecule has 0 aliphatic carbocycles. The van der Waals surface area contributed by atoms with Gasteiger partial charge in [0.05, 0.1) is 34.2 Å². The van der Waals surface area contributed by atoms with Crippen LogP contribution in [0.1, 0.15) is 0 Å². The summed E-state index contributed by atoms with van der Waals surface area (Å²) in [6.45, 7) is 0. The van der Waals surface area contributed by atoms with Gasteiger partial charge in [-0.05, 0) is 12.1 Å². The van der Waals surface area contributed by atoms with Crippen LogP contribution in [-0.2, 0) is 11.4 Å². The number of rotatable bonds is 2. The fourth-order valence-corrected chi connectivity index (χ4v) is 1.47. The van der Waals surface area contributed by atoms with Crippen molar-refractivity contribution in [1.82, 2.24) is 0 Å². The molecule has 60 valence electrons. The van der Waals surface area contributed by atoms with E-state index < -0.39 is 11.4 Å². The summed E-state index contributed by atoms with van der Waals surface area (Å²) >= 11 is 0.619. The van der Waals surface area contributed by atoms with Crippen LogP contribution in [0.15, 0.2) is 29.2 Å². The lowest BCUT2D eigenvalue weighted by atomic mass is 10.3. The van der Waals surface area contributed by atoms with E-state index in [9.17, 15) is 4.55 Å². The van der Waals surface area contributed by atoms with Crippen molar-refractivity contribution < 1.29 is 4.55 Å². The molecular weight excluding hydrogens is 275 g/mol. The second-order valence-electron chi connectivity index (χ2n) is 1.92. The number of hydrogen-bond acceptors (Lipinski definition) is 3. The molecule has 0 saturated carbocycles. The van der Waals surface area contributed by atoms with Gasteiger partial charge in [0.25, 0.3) is 0 Å². The van der Waals surface area contributed by atoms with Gasteiger partial charge in [0.15, 0.2) is 4.90 Å². The van der Waals surface area contributed by atoms with Crippen molar-refractivity contribution in [2.75, 3.05) is 3.53 Å². The molecule has 0 amide bonds. The Kier molecular flexibility index (Phi) is 3.44. The molecule has 0 fully saturated rings. The van der Waals surface area contributed by atoms with Crippen LogP contribution >= 0.6 is 22.9 Å².